The van der Waals surface area contributed by atoms with E-state index in [1.807, 2.05) is 56.3 Å². The number of nitrogens with two attached hydrogens (primary N) is 1. The number of nitrogens with zero attached hydrogens (tertiary/aromatic N) is 3. The zero-order valence-corrected chi connectivity index (χ0v) is 27.8. The van der Waals surface area contributed by atoms with Crippen molar-refractivity contribution in [2.75, 3.05) is 26.7 Å². The van der Waals surface area contributed by atoms with Gasteiger partial charge in [0.25, 0.3) is 11.8 Å². The highest BCUT2D eigenvalue weighted by Crippen LogP contribution is 2.26. The Kier molecular flexibility index (Phi) is 11.2. The van der Waals surface area contributed by atoms with Crippen molar-refractivity contribution in [1.82, 2.24) is 30.8 Å². The molecule has 4 bridgehead atoms. The number of thiazole rings is 1. The van der Waals surface area contributed by atoms with Gasteiger partial charge < -0.3 is 35.7 Å². The van der Waals surface area contributed by atoms with Crippen LogP contribution in [0.5, 0.6) is 5.75 Å². The molecule has 3 heterocycles. The Labute approximate surface area is 282 Å². The fourth-order valence-electron chi connectivity index (χ4n) is 5.27. The molecule has 0 aliphatic carbocycles. The fourth-order valence-corrected chi connectivity index (χ4v) is 6.30. The van der Waals surface area contributed by atoms with Crippen LogP contribution >= 0.6 is 11.3 Å². The maximum Gasteiger partial charge on any atom is 0.273 e. The third-order valence-corrected chi connectivity index (χ3v) is 8.82. The molecule has 1 aliphatic rings. The lowest BCUT2D eigenvalue weighted by Gasteiger charge is -2.27. The summed E-state index contributed by atoms with van der Waals surface area (Å²) in [6, 6.07) is 14.5. The Balaban J connectivity index is 1.41. The fraction of sp³-hybridized carbons (Fsp3) is 0.353. The summed E-state index contributed by atoms with van der Waals surface area (Å²) in [7, 11) is 1.57. The summed E-state index contributed by atoms with van der Waals surface area (Å²) in [5, 5.41) is 10.8. The van der Waals surface area contributed by atoms with E-state index in [0.717, 1.165) is 11.1 Å². The van der Waals surface area contributed by atoms with Crippen molar-refractivity contribution >= 4 is 35.0 Å². The van der Waals surface area contributed by atoms with Gasteiger partial charge in [-0.2, -0.15) is 0 Å². The molecule has 4 aromatic rings. The molecule has 3 atom stereocenters. The number of hydrogen-bond acceptors (Lipinski definition) is 10. The molecule has 5 rings (SSSR count). The van der Waals surface area contributed by atoms with Gasteiger partial charge in [0.1, 0.15) is 28.8 Å². The van der Waals surface area contributed by atoms with Crippen LogP contribution in [0.3, 0.4) is 0 Å². The van der Waals surface area contributed by atoms with Crippen LogP contribution in [0.1, 0.15) is 68.9 Å². The Hall–Kier alpha value is -5.08. The van der Waals surface area contributed by atoms with E-state index in [-0.39, 0.29) is 49.3 Å². The van der Waals surface area contributed by atoms with Gasteiger partial charge >= 0.3 is 0 Å². The van der Waals surface area contributed by atoms with Gasteiger partial charge in [-0.25, -0.2) is 9.97 Å². The minimum atomic E-state index is -0.944. The number of benzene rings is 2. The van der Waals surface area contributed by atoms with Crippen LogP contribution in [0.4, 0.5) is 0 Å². The number of carbonyl (C=O) groups is 4. The highest BCUT2D eigenvalue weighted by Gasteiger charge is 2.29. The number of fused-ring (bicyclic) bond motifs is 4. The first-order valence-electron chi connectivity index (χ1n) is 15.6. The molecule has 1 aliphatic heterocycles. The number of rotatable bonds is 7. The lowest BCUT2D eigenvalue weighted by Crippen LogP contribution is -2.51. The van der Waals surface area contributed by atoms with Crippen molar-refractivity contribution in [3.8, 4) is 5.75 Å². The molecule has 13 nitrogen and oxygen atoms in total. The minimum Gasteiger partial charge on any atom is -0.497 e. The van der Waals surface area contributed by atoms with Crippen LogP contribution in [0.15, 0.2) is 70.7 Å². The zero-order valence-electron chi connectivity index (χ0n) is 27.0. The van der Waals surface area contributed by atoms with Crippen molar-refractivity contribution in [3.63, 3.8) is 0 Å². The Bertz CT molecular complexity index is 1720. The first-order valence-corrected chi connectivity index (χ1v) is 16.5. The third-order valence-electron chi connectivity index (χ3n) is 7.89. The van der Waals surface area contributed by atoms with Gasteiger partial charge in [-0.05, 0) is 35.6 Å². The summed E-state index contributed by atoms with van der Waals surface area (Å²) < 4.78 is 10.9. The molecule has 5 N–H and O–H groups in total. The number of nitrogens with one attached hydrogen (secondary N) is 3. The van der Waals surface area contributed by atoms with Crippen molar-refractivity contribution < 1.29 is 28.3 Å². The van der Waals surface area contributed by atoms with Crippen molar-refractivity contribution in [2.45, 2.75) is 44.8 Å². The van der Waals surface area contributed by atoms with Gasteiger partial charge in [-0.1, -0.05) is 56.3 Å². The second-order valence-corrected chi connectivity index (χ2v) is 12.7. The highest BCUT2D eigenvalue weighted by atomic mass is 32.1. The van der Waals surface area contributed by atoms with E-state index in [1.165, 1.54) is 22.5 Å². The Morgan fingerprint density at radius 1 is 1.02 bits per heavy atom. The number of amides is 4. The maximum absolute atomic E-state index is 13.6. The van der Waals surface area contributed by atoms with E-state index in [9.17, 15) is 19.2 Å². The summed E-state index contributed by atoms with van der Waals surface area (Å²) in [5.74, 6) is -1.14. The van der Waals surface area contributed by atoms with Crippen molar-refractivity contribution in [3.05, 3.63) is 99.7 Å². The Morgan fingerprint density at radius 2 is 1.77 bits per heavy atom. The van der Waals surface area contributed by atoms with Gasteiger partial charge in [0.05, 0.1) is 25.7 Å². The molecule has 48 heavy (non-hydrogen) atoms. The van der Waals surface area contributed by atoms with Crippen molar-refractivity contribution in [1.29, 1.82) is 0 Å². The van der Waals surface area contributed by atoms with Gasteiger partial charge in [0.2, 0.25) is 17.7 Å². The number of hydrogen-bond donors (Lipinski definition) is 4. The molecule has 252 valence electrons. The van der Waals surface area contributed by atoms with Crippen LogP contribution < -0.4 is 26.4 Å². The quantitative estimate of drug-likeness (QED) is 0.229. The van der Waals surface area contributed by atoms with Gasteiger partial charge in [0.15, 0.2) is 5.69 Å². The molecule has 2 aromatic carbocycles. The SMILES string of the molecule is COc1ccc(C[C@H](N)C(=O)N2CCNC(=O)c3coc(n3)[C@H](Cc3ccccc3)NC(=O)c3csc(n3)[C@H](C(C)C)NC(=O)C2)cc1. The second kappa shape index (κ2) is 15.7. The summed E-state index contributed by atoms with van der Waals surface area (Å²) in [6.45, 7) is 3.58. The molecule has 4 amide bonds. The van der Waals surface area contributed by atoms with Crippen LogP contribution in [0.25, 0.3) is 0 Å². The maximum atomic E-state index is 13.6. The predicted octanol–water partition coefficient (Wildman–Crippen LogP) is 2.81. The van der Waals surface area contributed by atoms with Crippen LogP contribution in [0, 0.1) is 5.92 Å². The molecular weight excluding hydrogens is 634 g/mol. The van der Waals surface area contributed by atoms with E-state index in [1.54, 1.807) is 24.6 Å². The number of oxazole rings is 1. The molecule has 0 saturated heterocycles. The molecule has 0 radical (unpaired) electrons. The van der Waals surface area contributed by atoms with Gasteiger partial charge in [-0.3, -0.25) is 19.2 Å². The normalized spacial score (nSPS) is 18.3. The van der Waals surface area contributed by atoms with Gasteiger partial charge in [0, 0.05) is 24.9 Å². The number of aromatic nitrogens is 2. The van der Waals surface area contributed by atoms with E-state index in [2.05, 4.69) is 25.9 Å². The average molecular weight is 674 g/mol. The smallest absolute Gasteiger partial charge is 0.273 e. The summed E-state index contributed by atoms with van der Waals surface area (Å²) >= 11 is 1.25. The van der Waals surface area contributed by atoms with Crippen LogP contribution in [-0.2, 0) is 22.4 Å². The highest BCUT2D eigenvalue weighted by molar-refractivity contribution is 7.09. The lowest BCUT2D eigenvalue weighted by atomic mass is 10.0. The lowest BCUT2D eigenvalue weighted by molar-refractivity contribution is -0.137. The topological polar surface area (TPSA) is 182 Å². The number of carbonyl (C=O) groups excluding carboxylic acids is 4. The number of ether oxygens (including phenoxy) is 1. The average Bonchev–Trinajstić information content (AvgIpc) is 3.78. The second-order valence-electron chi connectivity index (χ2n) is 11.8. The molecule has 0 spiro atoms. The van der Waals surface area contributed by atoms with Gasteiger partial charge in [-0.15, -0.1) is 11.3 Å². The largest absolute Gasteiger partial charge is 0.497 e. The molecule has 0 unspecified atom stereocenters. The first kappa shape index (κ1) is 34.3. The zero-order chi connectivity index (χ0) is 34.2. The van der Waals surface area contributed by atoms with Crippen LogP contribution in [0.2, 0.25) is 0 Å². The summed E-state index contributed by atoms with van der Waals surface area (Å²) in [6.07, 6.45) is 1.81. The molecule has 2 aromatic heterocycles. The molecule has 0 saturated carbocycles. The minimum absolute atomic E-state index is 0.000901. The van der Waals surface area contributed by atoms with Crippen LogP contribution in [-0.4, -0.2) is 71.3 Å². The van der Waals surface area contributed by atoms with E-state index < -0.39 is 41.8 Å². The Morgan fingerprint density at radius 3 is 2.48 bits per heavy atom. The molecule has 14 heteroatoms. The summed E-state index contributed by atoms with van der Waals surface area (Å²) in [4.78, 5) is 63.9. The predicted molar refractivity (Wildman–Crippen MR) is 178 cm³/mol. The number of methoxy groups -OCH3 is 1. The third kappa shape index (κ3) is 8.63. The van der Waals surface area contributed by atoms with E-state index in [0.29, 0.717) is 17.2 Å². The van der Waals surface area contributed by atoms with Crippen molar-refractivity contribution in [2.24, 2.45) is 11.7 Å². The molecular formula is C34H39N7O6S. The first-order chi connectivity index (χ1) is 23.1. The van der Waals surface area contributed by atoms with E-state index in [4.69, 9.17) is 14.9 Å². The monoisotopic (exact) mass is 673 g/mol. The standard InChI is InChI=1S/C34H39N7O6S/c1-20(2)29-33-39-27(19-48-33)31(44)37-25(16-21-7-5-4-6-8-21)32-38-26(18-47-32)30(43)36-13-14-41(17-28(42)40-29)34(45)24(35)15-22-9-11-23(46-3)12-10-22/h4-12,18-20,24-25,29H,13-17,35H2,1-3H3,(H,36,43)(H,37,44)(H,40,42)/t24-,25-,29-/m0/s1. The van der Waals surface area contributed by atoms with E-state index >= 15 is 0 Å². The molecule has 0 fully saturated rings. The summed E-state index contributed by atoms with van der Waals surface area (Å²) in [5.41, 5.74) is 8.27.